The van der Waals surface area contributed by atoms with Crippen molar-refractivity contribution in [2.24, 2.45) is 0 Å². The molecule has 1 N–H and O–H groups in total. The van der Waals surface area contributed by atoms with Crippen molar-refractivity contribution in [2.45, 2.75) is 13.3 Å². The SMILES string of the molecule is CCC(=O)NCl.Cl. The first-order chi connectivity index (χ1) is 2.81. The van der Waals surface area contributed by atoms with Gasteiger partial charge in [0.2, 0.25) is 5.91 Å². The van der Waals surface area contributed by atoms with Gasteiger partial charge in [-0.15, -0.1) is 12.4 Å². The minimum Gasteiger partial charge on any atom is -0.274 e. The molecule has 4 heteroatoms. The van der Waals surface area contributed by atoms with Crippen molar-refractivity contribution < 1.29 is 4.79 Å². The van der Waals surface area contributed by atoms with E-state index in [1.807, 2.05) is 4.84 Å². The molecule has 1 amide bonds. The van der Waals surface area contributed by atoms with E-state index < -0.39 is 0 Å². The van der Waals surface area contributed by atoms with Crippen LogP contribution < -0.4 is 4.84 Å². The molecule has 0 aliphatic heterocycles. The zero-order valence-electron chi connectivity index (χ0n) is 3.90. The van der Waals surface area contributed by atoms with Gasteiger partial charge in [-0.25, -0.2) is 0 Å². The summed E-state index contributed by atoms with van der Waals surface area (Å²) in [4.78, 5) is 11.9. The van der Waals surface area contributed by atoms with Crippen molar-refractivity contribution in [1.29, 1.82) is 0 Å². The first kappa shape index (κ1) is 10.1. The highest BCUT2D eigenvalue weighted by atomic mass is 35.5. The summed E-state index contributed by atoms with van der Waals surface area (Å²) in [6.07, 6.45) is 0.448. The van der Waals surface area contributed by atoms with E-state index in [2.05, 4.69) is 0 Å². The minimum absolute atomic E-state index is 0. The summed E-state index contributed by atoms with van der Waals surface area (Å²) in [6, 6.07) is 0. The molecule has 0 aromatic carbocycles. The molecular formula is C3H7Cl2NO. The summed E-state index contributed by atoms with van der Waals surface area (Å²) >= 11 is 4.85. The second kappa shape index (κ2) is 6.05. The maximum Gasteiger partial charge on any atom is 0.234 e. The Kier molecular flexibility index (Phi) is 8.75. The van der Waals surface area contributed by atoms with E-state index in [0.717, 1.165) is 0 Å². The van der Waals surface area contributed by atoms with Gasteiger partial charge < -0.3 is 0 Å². The van der Waals surface area contributed by atoms with Crippen LogP contribution in [0.1, 0.15) is 13.3 Å². The van der Waals surface area contributed by atoms with Crippen LogP contribution in [0, 0.1) is 0 Å². The number of amides is 1. The molecule has 0 bridgehead atoms. The van der Waals surface area contributed by atoms with Crippen LogP contribution >= 0.6 is 24.2 Å². The number of hydrogen-bond donors (Lipinski definition) is 1. The molecular weight excluding hydrogens is 137 g/mol. The maximum absolute atomic E-state index is 9.94. The molecule has 0 heterocycles. The van der Waals surface area contributed by atoms with Crippen molar-refractivity contribution >= 4 is 30.1 Å². The molecule has 0 atom stereocenters. The van der Waals surface area contributed by atoms with Crippen LogP contribution in [0.5, 0.6) is 0 Å². The van der Waals surface area contributed by atoms with Crippen LogP contribution in [0.3, 0.4) is 0 Å². The van der Waals surface area contributed by atoms with Gasteiger partial charge in [-0.2, -0.15) is 0 Å². The zero-order chi connectivity index (χ0) is 4.99. The topological polar surface area (TPSA) is 29.1 Å². The number of halogens is 2. The second-order valence-corrected chi connectivity index (χ2v) is 1.06. The van der Waals surface area contributed by atoms with Gasteiger partial charge in [-0.3, -0.25) is 9.63 Å². The fourth-order valence-corrected chi connectivity index (χ4v) is 0.200. The fraction of sp³-hybridized carbons (Fsp3) is 0.667. The van der Waals surface area contributed by atoms with Crippen LogP contribution in [0.15, 0.2) is 0 Å². The number of carbonyl (C=O) groups is 1. The van der Waals surface area contributed by atoms with Gasteiger partial charge in [0.15, 0.2) is 0 Å². The quantitative estimate of drug-likeness (QED) is 0.548. The molecule has 0 fully saturated rings. The van der Waals surface area contributed by atoms with Crippen LogP contribution in [0.25, 0.3) is 0 Å². The first-order valence-corrected chi connectivity index (χ1v) is 2.08. The highest BCUT2D eigenvalue weighted by molar-refractivity contribution is 6.21. The van der Waals surface area contributed by atoms with Gasteiger partial charge in [0.1, 0.15) is 0 Å². The van der Waals surface area contributed by atoms with Crippen LogP contribution in [-0.4, -0.2) is 5.91 Å². The van der Waals surface area contributed by atoms with Crippen molar-refractivity contribution in [3.05, 3.63) is 0 Å². The maximum atomic E-state index is 9.94. The lowest BCUT2D eigenvalue weighted by Crippen LogP contribution is -2.08. The van der Waals surface area contributed by atoms with E-state index in [-0.39, 0.29) is 18.3 Å². The van der Waals surface area contributed by atoms with Gasteiger partial charge in [0.25, 0.3) is 0 Å². The fourth-order valence-electron chi connectivity index (χ4n) is 0.0668. The number of nitrogens with one attached hydrogen (secondary N) is 1. The lowest BCUT2D eigenvalue weighted by molar-refractivity contribution is -0.119. The largest absolute Gasteiger partial charge is 0.274 e. The molecule has 2 nitrogen and oxygen atoms in total. The van der Waals surface area contributed by atoms with Gasteiger partial charge in [0.05, 0.1) is 0 Å². The standard InChI is InChI=1S/C3H6ClNO.ClH/c1-2-3(6)5-4;/h2H2,1H3,(H,5,6);1H. The normalized spacial score (nSPS) is 6.57. The third-order valence-corrected chi connectivity index (χ3v) is 0.637. The molecule has 0 spiro atoms. The molecule has 0 rings (SSSR count). The Morgan fingerprint density at radius 3 is 2.29 bits per heavy atom. The van der Waals surface area contributed by atoms with Gasteiger partial charge in [0, 0.05) is 18.2 Å². The molecule has 0 saturated heterocycles. The van der Waals surface area contributed by atoms with Gasteiger partial charge in [-0.05, 0) is 0 Å². The summed E-state index contributed by atoms with van der Waals surface area (Å²) in [5.41, 5.74) is 0. The van der Waals surface area contributed by atoms with E-state index in [1.54, 1.807) is 6.92 Å². The van der Waals surface area contributed by atoms with E-state index in [4.69, 9.17) is 11.8 Å². The Morgan fingerprint density at radius 1 is 1.86 bits per heavy atom. The predicted molar refractivity (Wildman–Crippen MR) is 31.5 cm³/mol. The van der Waals surface area contributed by atoms with Crippen molar-refractivity contribution in [3.63, 3.8) is 0 Å². The number of carbonyl (C=O) groups excluding carboxylic acids is 1. The summed E-state index contributed by atoms with van der Waals surface area (Å²) < 4.78 is 0. The molecule has 0 radical (unpaired) electrons. The monoisotopic (exact) mass is 143 g/mol. The molecule has 0 aliphatic rings. The van der Waals surface area contributed by atoms with Crippen molar-refractivity contribution in [2.75, 3.05) is 0 Å². The second-order valence-electron chi connectivity index (χ2n) is 0.871. The molecule has 0 aromatic heterocycles. The van der Waals surface area contributed by atoms with E-state index >= 15 is 0 Å². The van der Waals surface area contributed by atoms with E-state index in [1.165, 1.54) is 0 Å². The van der Waals surface area contributed by atoms with Crippen LogP contribution in [-0.2, 0) is 4.79 Å². The smallest absolute Gasteiger partial charge is 0.234 e. The summed E-state index contributed by atoms with van der Waals surface area (Å²) in [6.45, 7) is 1.73. The van der Waals surface area contributed by atoms with Crippen LogP contribution in [0.4, 0.5) is 0 Å². The Bertz CT molecular complexity index is 50.9. The Labute approximate surface area is 53.7 Å². The molecule has 0 unspecified atom stereocenters. The number of hydrogen-bond acceptors (Lipinski definition) is 1. The van der Waals surface area contributed by atoms with Gasteiger partial charge >= 0.3 is 0 Å². The molecule has 0 saturated carbocycles. The highest BCUT2D eigenvalue weighted by Gasteiger charge is 1.86. The summed E-state index contributed by atoms with van der Waals surface area (Å²) in [5.74, 6) is -0.142. The van der Waals surface area contributed by atoms with E-state index in [9.17, 15) is 4.79 Å². The molecule has 7 heavy (non-hydrogen) atoms. The molecule has 44 valence electrons. The summed E-state index contributed by atoms with van der Waals surface area (Å²) in [5, 5.41) is 0. The minimum atomic E-state index is -0.142. The lowest BCUT2D eigenvalue weighted by atomic mass is 10.5. The van der Waals surface area contributed by atoms with Crippen molar-refractivity contribution in [1.82, 2.24) is 4.84 Å². The summed E-state index contributed by atoms with van der Waals surface area (Å²) in [7, 11) is 0. The van der Waals surface area contributed by atoms with E-state index in [0.29, 0.717) is 6.42 Å². The number of rotatable bonds is 1. The Morgan fingerprint density at radius 2 is 2.29 bits per heavy atom. The lowest BCUT2D eigenvalue weighted by Gasteiger charge is -1.83. The van der Waals surface area contributed by atoms with Crippen LogP contribution in [0.2, 0.25) is 0 Å². The van der Waals surface area contributed by atoms with Gasteiger partial charge in [-0.1, -0.05) is 6.92 Å². The third-order valence-electron chi connectivity index (χ3n) is 0.427. The average molecular weight is 144 g/mol. The highest BCUT2D eigenvalue weighted by Crippen LogP contribution is 1.73. The average Bonchev–Trinajstić information content (AvgIpc) is 1.65. The Hall–Kier alpha value is 0.0500. The molecule has 0 aromatic rings. The Balaban J connectivity index is 0. The van der Waals surface area contributed by atoms with Crippen molar-refractivity contribution in [3.8, 4) is 0 Å². The zero-order valence-corrected chi connectivity index (χ0v) is 5.47. The first-order valence-electron chi connectivity index (χ1n) is 1.70. The predicted octanol–water partition coefficient (Wildman–Crippen LogP) is 1.09. The third kappa shape index (κ3) is 6.05. The molecule has 0 aliphatic carbocycles.